The van der Waals surface area contributed by atoms with Crippen LogP contribution < -0.4 is 0 Å². The summed E-state index contributed by atoms with van der Waals surface area (Å²) >= 11 is 0. The van der Waals surface area contributed by atoms with E-state index in [-0.39, 0.29) is 12.0 Å². The SMILES string of the molecule is CC(C)C(O)Cc1nncc2ccccc12. The Balaban J connectivity index is 2.37. The lowest BCUT2D eigenvalue weighted by Crippen LogP contribution is -2.18. The van der Waals surface area contributed by atoms with Gasteiger partial charge in [-0.05, 0) is 5.92 Å². The van der Waals surface area contributed by atoms with Gasteiger partial charge < -0.3 is 5.11 Å². The lowest BCUT2D eigenvalue weighted by atomic mass is 10.00. The first-order chi connectivity index (χ1) is 7.68. The average molecular weight is 216 g/mol. The summed E-state index contributed by atoms with van der Waals surface area (Å²) in [5.41, 5.74) is 0.874. The van der Waals surface area contributed by atoms with Crippen molar-refractivity contribution < 1.29 is 5.11 Å². The number of aliphatic hydroxyl groups is 1. The second-order valence-electron chi connectivity index (χ2n) is 4.39. The molecule has 0 saturated heterocycles. The van der Waals surface area contributed by atoms with E-state index in [0.717, 1.165) is 16.5 Å². The quantitative estimate of drug-likeness (QED) is 0.855. The van der Waals surface area contributed by atoms with E-state index < -0.39 is 0 Å². The van der Waals surface area contributed by atoms with Crippen molar-refractivity contribution in [2.45, 2.75) is 26.4 Å². The molecule has 3 nitrogen and oxygen atoms in total. The van der Waals surface area contributed by atoms with Crippen LogP contribution in [-0.2, 0) is 6.42 Å². The van der Waals surface area contributed by atoms with Crippen LogP contribution in [-0.4, -0.2) is 21.4 Å². The number of aromatic nitrogens is 2. The Hall–Kier alpha value is -1.48. The normalized spacial score (nSPS) is 13.2. The van der Waals surface area contributed by atoms with Gasteiger partial charge in [0.05, 0.1) is 18.0 Å². The van der Waals surface area contributed by atoms with Crippen LogP contribution in [0.2, 0.25) is 0 Å². The van der Waals surface area contributed by atoms with Crippen LogP contribution in [0.3, 0.4) is 0 Å². The molecule has 0 radical (unpaired) electrons. The Bertz CT molecular complexity index is 477. The van der Waals surface area contributed by atoms with E-state index in [0.29, 0.717) is 6.42 Å². The third-order valence-corrected chi connectivity index (χ3v) is 2.82. The van der Waals surface area contributed by atoms with E-state index in [1.807, 2.05) is 38.1 Å². The smallest absolute Gasteiger partial charge is 0.0735 e. The van der Waals surface area contributed by atoms with Gasteiger partial charge in [-0.1, -0.05) is 38.1 Å². The number of benzene rings is 1. The zero-order valence-electron chi connectivity index (χ0n) is 9.59. The highest BCUT2D eigenvalue weighted by Crippen LogP contribution is 2.18. The summed E-state index contributed by atoms with van der Waals surface area (Å²) in [5.74, 6) is 0.237. The minimum absolute atomic E-state index is 0.237. The van der Waals surface area contributed by atoms with Crippen molar-refractivity contribution in [1.29, 1.82) is 0 Å². The van der Waals surface area contributed by atoms with Crippen LogP contribution in [0, 0.1) is 5.92 Å². The first-order valence-electron chi connectivity index (χ1n) is 5.56. The molecule has 16 heavy (non-hydrogen) atoms. The van der Waals surface area contributed by atoms with Crippen LogP contribution in [0.4, 0.5) is 0 Å². The molecule has 1 aromatic carbocycles. The largest absolute Gasteiger partial charge is 0.392 e. The molecule has 0 saturated carbocycles. The molecule has 3 heteroatoms. The van der Waals surface area contributed by atoms with E-state index in [1.165, 1.54) is 0 Å². The summed E-state index contributed by atoms with van der Waals surface area (Å²) in [7, 11) is 0. The highest BCUT2D eigenvalue weighted by atomic mass is 16.3. The molecule has 0 bridgehead atoms. The molecular weight excluding hydrogens is 200 g/mol. The Kier molecular flexibility index (Phi) is 3.15. The van der Waals surface area contributed by atoms with Crippen molar-refractivity contribution in [2.75, 3.05) is 0 Å². The molecule has 0 amide bonds. The van der Waals surface area contributed by atoms with Gasteiger partial charge >= 0.3 is 0 Å². The molecule has 0 spiro atoms. The number of hydrogen-bond acceptors (Lipinski definition) is 3. The van der Waals surface area contributed by atoms with E-state index in [9.17, 15) is 5.11 Å². The summed E-state index contributed by atoms with van der Waals surface area (Å²) in [6.07, 6.45) is 1.95. The van der Waals surface area contributed by atoms with E-state index in [1.54, 1.807) is 6.20 Å². The number of hydrogen-bond donors (Lipinski definition) is 1. The first-order valence-corrected chi connectivity index (χ1v) is 5.56. The average Bonchev–Trinajstić information content (AvgIpc) is 2.29. The van der Waals surface area contributed by atoms with Gasteiger partial charge in [-0.25, -0.2) is 0 Å². The Morgan fingerprint density at radius 2 is 2.00 bits per heavy atom. The number of aliphatic hydroxyl groups excluding tert-OH is 1. The number of fused-ring (bicyclic) bond motifs is 1. The summed E-state index contributed by atoms with van der Waals surface area (Å²) in [4.78, 5) is 0. The maximum atomic E-state index is 9.87. The monoisotopic (exact) mass is 216 g/mol. The lowest BCUT2D eigenvalue weighted by Gasteiger charge is -2.14. The van der Waals surface area contributed by atoms with Gasteiger partial charge in [-0.3, -0.25) is 0 Å². The predicted octanol–water partition coefficient (Wildman–Crippen LogP) is 2.19. The molecule has 1 atom stereocenters. The molecule has 1 unspecified atom stereocenters. The van der Waals surface area contributed by atoms with Crippen molar-refractivity contribution in [3.63, 3.8) is 0 Å². The molecule has 0 fully saturated rings. The molecule has 1 N–H and O–H groups in total. The van der Waals surface area contributed by atoms with Gasteiger partial charge in [0.2, 0.25) is 0 Å². The first kappa shape index (κ1) is 11.0. The third kappa shape index (κ3) is 2.19. The van der Waals surface area contributed by atoms with E-state index in [2.05, 4.69) is 10.2 Å². The zero-order valence-corrected chi connectivity index (χ0v) is 9.59. The number of nitrogens with zero attached hydrogens (tertiary/aromatic N) is 2. The summed E-state index contributed by atoms with van der Waals surface area (Å²) < 4.78 is 0. The van der Waals surface area contributed by atoms with E-state index >= 15 is 0 Å². The number of rotatable bonds is 3. The fourth-order valence-electron chi connectivity index (χ4n) is 1.67. The Labute approximate surface area is 95.1 Å². The highest BCUT2D eigenvalue weighted by Gasteiger charge is 2.13. The molecule has 2 rings (SSSR count). The highest BCUT2D eigenvalue weighted by molar-refractivity contribution is 5.83. The second kappa shape index (κ2) is 4.58. The lowest BCUT2D eigenvalue weighted by molar-refractivity contribution is 0.125. The van der Waals surface area contributed by atoms with Crippen LogP contribution in [0.15, 0.2) is 30.5 Å². The molecule has 2 aromatic rings. The van der Waals surface area contributed by atoms with Gasteiger partial charge in [0.1, 0.15) is 0 Å². The van der Waals surface area contributed by atoms with Crippen molar-refractivity contribution in [3.05, 3.63) is 36.2 Å². The van der Waals surface area contributed by atoms with Crippen molar-refractivity contribution in [1.82, 2.24) is 10.2 Å². The van der Waals surface area contributed by atoms with Gasteiger partial charge in [-0.15, -0.1) is 0 Å². The minimum atomic E-state index is -0.361. The van der Waals surface area contributed by atoms with E-state index in [4.69, 9.17) is 0 Å². The van der Waals surface area contributed by atoms with Gasteiger partial charge in [0, 0.05) is 17.2 Å². The fraction of sp³-hybridized carbons (Fsp3) is 0.385. The standard InChI is InChI=1S/C13H16N2O/c1-9(2)13(16)7-12-11-6-4-3-5-10(11)8-14-15-12/h3-6,8-9,13,16H,7H2,1-2H3. The molecule has 1 aromatic heterocycles. The van der Waals surface area contributed by atoms with Crippen molar-refractivity contribution in [3.8, 4) is 0 Å². The molecule has 0 aliphatic rings. The van der Waals surface area contributed by atoms with Crippen LogP contribution >= 0.6 is 0 Å². The summed E-state index contributed by atoms with van der Waals surface area (Å²) in [5, 5.41) is 20.1. The maximum Gasteiger partial charge on any atom is 0.0735 e. The molecular formula is C13H16N2O. The van der Waals surface area contributed by atoms with Crippen molar-refractivity contribution >= 4 is 10.8 Å². The van der Waals surface area contributed by atoms with Gasteiger partial charge in [0.25, 0.3) is 0 Å². The molecule has 0 aliphatic carbocycles. The third-order valence-electron chi connectivity index (χ3n) is 2.82. The van der Waals surface area contributed by atoms with Gasteiger partial charge in [-0.2, -0.15) is 10.2 Å². The molecule has 0 aliphatic heterocycles. The van der Waals surface area contributed by atoms with Gasteiger partial charge in [0.15, 0.2) is 0 Å². The topological polar surface area (TPSA) is 46.0 Å². The second-order valence-corrected chi connectivity index (χ2v) is 4.39. The van der Waals surface area contributed by atoms with Crippen LogP contribution in [0.25, 0.3) is 10.8 Å². The maximum absolute atomic E-state index is 9.87. The molecule has 84 valence electrons. The molecule has 1 heterocycles. The summed E-state index contributed by atoms with van der Waals surface area (Å²) in [6.45, 7) is 4.01. The Morgan fingerprint density at radius 3 is 2.75 bits per heavy atom. The van der Waals surface area contributed by atoms with Crippen LogP contribution in [0.1, 0.15) is 19.5 Å². The van der Waals surface area contributed by atoms with Crippen molar-refractivity contribution in [2.24, 2.45) is 5.92 Å². The van der Waals surface area contributed by atoms with Crippen LogP contribution in [0.5, 0.6) is 0 Å². The predicted molar refractivity (Wildman–Crippen MR) is 64.1 cm³/mol. The zero-order chi connectivity index (χ0) is 11.5. The Morgan fingerprint density at radius 1 is 1.25 bits per heavy atom. The summed E-state index contributed by atoms with van der Waals surface area (Å²) in [6, 6.07) is 7.99. The fourth-order valence-corrected chi connectivity index (χ4v) is 1.67. The minimum Gasteiger partial charge on any atom is -0.392 e.